The van der Waals surface area contributed by atoms with Crippen molar-refractivity contribution in [3.05, 3.63) is 24.0 Å². The van der Waals surface area contributed by atoms with E-state index in [1.165, 1.54) is 25.7 Å². The Labute approximate surface area is 174 Å². The van der Waals surface area contributed by atoms with Crippen molar-refractivity contribution in [2.24, 2.45) is 0 Å². The summed E-state index contributed by atoms with van der Waals surface area (Å²) in [6.07, 6.45) is 8.02. The number of hydrogen-bond acceptors (Lipinski definition) is 4. The first kappa shape index (κ1) is 20.8. The SMILES string of the molecule is CCC1CCCCN1Cc1nc2cc(S(=O)(=O)N3CCCCC3)ccc2n1CC. The number of sulfonamides is 1. The van der Waals surface area contributed by atoms with Gasteiger partial charge in [0.05, 0.1) is 22.5 Å². The normalized spacial score (nSPS) is 22.3. The van der Waals surface area contributed by atoms with Gasteiger partial charge in [-0.3, -0.25) is 4.90 Å². The van der Waals surface area contributed by atoms with Gasteiger partial charge in [-0.05, 0) is 63.8 Å². The van der Waals surface area contributed by atoms with Gasteiger partial charge in [0.1, 0.15) is 5.82 Å². The van der Waals surface area contributed by atoms with Gasteiger partial charge in [0.25, 0.3) is 0 Å². The fourth-order valence-electron chi connectivity index (χ4n) is 4.96. The van der Waals surface area contributed by atoms with E-state index >= 15 is 0 Å². The smallest absolute Gasteiger partial charge is 0.243 e. The Morgan fingerprint density at radius 1 is 1.03 bits per heavy atom. The maximum Gasteiger partial charge on any atom is 0.243 e. The van der Waals surface area contributed by atoms with Crippen molar-refractivity contribution >= 4 is 21.1 Å². The minimum Gasteiger partial charge on any atom is -0.327 e. The van der Waals surface area contributed by atoms with Crippen LogP contribution in [0.3, 0.4) is 0 Å². The summed E-state index contributed by atoms with van der Waals surface area (Å²) in [5.74, 6) is 1.05. The fourth-order valence-corrected chi connectivity index (χ4v) is 6.50. The number of hydrogen-bond donors (Lipinski definition) is 0. The van der Waals surface area contributed by atoms with Crippen LogP contribution in [0.25, 0.3) is 11.0 Å². The first-order valence-corrected chi connectivity index (χ1v) is 12.7. The molecule has 1 aromatic heterocycles. The zero-order chi connectivity index (χ0) is 20.4. The highest BCUT2D eigenvalue weighted by atomic mass is 32.2. The van der Waals surface area contributed by atoms with Crippen LogP contribution in [-0.4, -0.2) is 52.9 Å². The monoisotopic (exact) mass is 418 g/mol. The first-order chi connectivity index (χ1) is 14.0. The van der Waals surface area contributed by atoms with Crippen LogP contribution >= 0.6 is 0 Å². The quantitative estimate of drug-likeness (QED) is 0.712. The molecule has 3 heterocycles. The van der Waals surface area contributed by atoms with E-state index in [1.807, 2.05) is 6.07 Å². The molecule has 2 aromatic rings. The second-order valence-electron chi connectivity index (χ2n) is 8.42. The molecule has 160 valence electrons. The lowest BCUT2D eigenvalue weighted by atomic mass is 10.0. The van der Waals surface area contributed by atoms with Gasteiger partial charge in [-0.25, -0.2) is 13.4 Å². The lowest BCUT2D eigenvalue weighted by molar-refractivity contribution is 0.131. The van der Waals surface area contributed by atoms with Crippen molar-refractivity contribution in [3.63, 3.8) is 0 Å². The van der Waals surface area contributed by atoms with Crippen molar-refractivity contribution in [1.82, 2.24) is 18.8 Å². The van der Waals surface area contributed by atoms with E-state index in [1.54, 1.807) is 16.4 Å². The molecule has 7 heteroatoms. The standard InChI is InChI=1S/C22H34N4O2S/c1-3-18-10-6-9-13-24(18)17-22-23-20-16-19(11-12-21(20)26(22)4-2)29(27,28)25-14-7-5-8-15-25/h11-12,16,18H,3-10,13-15,17H2,1-2H3. The van der Waals surface area contributed by atoms with Gasteiger partial charge in [-0.1, -0.05) is 19.8 Å². The Hall–Kier alpha value is -1.44. The molecule has 4 rings (SSSR count). The van der Waals surface area contributed by atoms with Crippen LogP contribution < -0.4 is 0 Å². The average Bonchev–Trinajstić information content (AvgIpc) is 3.10. The predicted molar refractivity (Wildman–Crippen MR) is 116 cm³/mol. The molecule has 0 saturated carbocycles. The molecule has 2 aliphatic rings. The number of benzene rings is 1. The van der Waals surface area contributed by atoms with E-state index in [0.29, 0.717) is 24.0 Å². The maximum absolute atomic E-state index is 13.1. The Kier molecular flexibility index (Phi) is 6.27. The summed E-state index contributed by atoms with van der Waals surface area (Å²) in [6.45, 7) is 8.47. The Balaban J connectivity index is 1.65. The maximum atomic E-state index is 13.1. The van der Waals surface area contributed by atoms with E-state index < -0.39 is 10.0 Å². The second-order valence-corrected chi connectivity index (χ2v) is 10.4. The Morgan fingerprint density at radius 3 is 2.52 bits per heavy atom. The first-order valence-electron chi connectivity index (χ1n) is 11.3. The van der Waals surface area contributed by atoms with Crippen LogP contribution in [0, 0.1) is 0 Å². The highest BCUT2D eigenvalue weighted by Crippen LogP contribution is 2.27. The molecule has 1 aromatic carbocycles. The molecule has 2 fully saturated rings. The fraction of sp³-hybridized carbons (Fsp3) is 0.682. The van der Waals surface area contributed by atoms with Gasteiger partial charge in [0.15, 0.2) is 0 Å². The molecule has 0 amide bonds. The summed E-state index contributed by atoms with van der Waals surface area (Å²) >= 11 is 0. The molecule has 2 aliphatic heterocycles. The molecular weight excluding hydrogens is 384 g/mol. The van der Waals surface area contributed by atoms with E-state index in [0.717, 1.165) is 55.8 Å². The van der Waals surface area contributed by atoms with Gasteiger partial charge < -0.3 is 4.57 Å². The summed E-state index contributed by atoms with van der Waals surface area (Å²) in [4.78, 5) is 7.84. The van der Waals surface area contributed by atoms with E-state index in [2.05, 4.69) is 23.3 Å². The highest BCUT2D eigenvalue weighted by molar-refractivity contribution is 7.89. The number of aryl methyl sites for hydroxylation is 1. The molecule has 0 radical (unpaired) electrons. The molecular formula is C22H34N4O2S. The second kappa shape index (κ2) is 8.74. The number of nitrogens with zero attached hydrogens (tertiary/aromatic N) is 4. The number of rotatable bonds is 6. The number of aromatic nitrogens is 2. The average molecular weight is 419 g/mol. The number of fused-ring (bicyclic) bond motifs is 1. The van der Waals surface area contributed by atoms with Gasteiger partial charge >= 0.3 is 0 Å². The van der Waals surface area contributed by atoms with Crippen LogP contribution in [0.1, 0.15) is 64.6 Å². The van der Waals surface area contributed by atoms with Crippen molar-refractivity contribution in [2.75, 3.05) is 19.6 Å². The highest BCUT2D eigenvalue weighted by Gasteiger charge is 2.27. The Bertz CT molecular complexity index is 947. The van der Waals surface area contributed by atoms with E-state index in [4.69, 9.17) is 4.98 Å². The van der Waals surface area contributed by atoms with Crippen LogP contribution in [-0.2, 0) is 23.1 Å². The molecule has 2 saturated heterocycles. The number of likely N-dealkylation sites (tertiary alicyclic amines) is 1. The summed E-state index contributed by atoms with van der Waals surface area (Å²) in [5.41, 5.74) is 1.83. The largest absolute Gasteiger partial charge is 0.327 e. The molecule has 0 spiro atoms. The lowest BCUT2D eigenvalue weighted by Gasteiger charge is -2.34. The lowest BCUT2D eigenvalue weighted by Crippen LogP contribution is -2.39. The molecule has 0 aliphatic carbocycles. The third-order valence-corrected chi connectivity index (χ3v) is 8.53. The van der Waals surface area contributed by atoms with E-state index in [-0.39, 0.29) is 0 Å². The van der Waals surface area contributed by atoms with Crippen molar-refractivity contribution in [1.29, 1.82) is 0 Å². The molecule has 6 nitrogen and oxygen atoms in total. The zero-order valence-corrected chi connectivity index (χ0v) is 18.6. The minimum atomic E-state index is -3.43. The van der Waals surface area contributed by atoms with Crippen molar-refractivity contribution < 1.29 is 8.42 Å². The van der Waals surface area contributed by atoms with Gasteiger partial charge in [-0.15, -0.1) is 0 Å². The molecule has 29 heavy (non-hydrogen) atoms. The van der Waals surface area contributed by atoms with Gasteiger partial charge in [0, 0.05) is 25.7 Å². The predicted octanol–water partition coefficient (Wildman–Crippen LogP) is 4.00. The summed E-state index contributed by atoms with van der Waals surface area (Å²) in [7, 11) is -3.43. The topological polar surface area (TPSA) is 58.4 Å². The third kappa shape index (κ3) is 4.09. The van der Waals surface area contributed by atoms with Gasteiger partial charge in [0.2, 0.25) is 10.0 Å². The van der Waals surface area contributed by atoms with Crippen LogP contribution in [0.5, 0.6) is 0 Å². The summed E-state index contributed by atoms with van der Waals surface area (Å²) < 4.78 is 30.0. The molecule has 1 atom stereocenters. The van der Waals surface area contributed by atoms with E-state index in [9.17, 15) is 8.42 Å². The minimum absolute atomic E-state index is 0.378. The number of imidazole rings is 1. The van der Waals surface area contributed by atoms with Crippen LogP contribution in [0.15, 0.2) is 23.1 Å². The number of piperidine rings is 2. The van der Waals surface area contributed by atoms with Crippen LogP contribution in [0.4, 0.5) is 0 Å². The third-order valence-electron chi connectivity index (χ3n) is 6.63. The van der Waals surface area contributed by atoms with Crippen molar-refractivity contribution in [2.45, 2.75) is 82.8 Å². The van der Waals surface area contributed by atoms with Crippen LogP contribution in [0.2, 0.25) is 0 Å². The van der Waals surface area contributed by atoms with Crippen molar-refractivity contribution in [3.8, 4) is 0 Å². The zero-order valence-electron chi connectivity index (χ0n) is 17.8. The molecule has 0 bridgehead atoms. The molecule has 0 N–H and O–H groups in total. The summed E-state index contributed by atoms with van der Waals surface area (Å²) in [6, 6.07) is 6.12. The molecule has 1 unspecified atom stereocenters. The van der Waals surface area contributed by atoms with Gasteiger partial charge in [-0.2, -0.15) is 4.31 Å². The summed E-state index contributed by atoms with van der Waals surface area (Å²) in [5, 5.41) is 0. The Morgan fingerprint density at radius 2 is 1.79 bits per heavy atom.